The van der Waals surface area contributed by atoms with Gasteiger partial charge in [-0.15, -0.1) is 0 Å². The van der Waals surface area contributed by atoms with Crippen LogP contribution in [0.5, 0.6) is 0 Å². The molecule has 0 saturated carbocycles. The average Bonchev–Trinajstić information content (AvgIpc) is 2.89. The summed E-state index contributed by atoms with van der Waals surface area (Å²) in [5, 5.41) is 2.81. The monoisotopic (exact) mass is 525 g/mol. The van der Waals surface area contributed by atoms with Crippen LogP contribution in [0.1, 0.15) is 31.4 Å². The molecule has 2 amide bonds. The first kappa shape index (κ1) is 27.9. The number of hydrogen-bond acceptors (Lipinski definition) is 4. The molecule has 0 aliphatic rings. The van der Waals surface area contributed by atoms with Crippen molar-refractivity contribution in [1.29, 1.82) is 0 Å². The van der Waals surface area contributed by atoms with Crippen LogP contribution in [-0.4, -0.2) is 44.3 Å². The van der Waals surface area contributed by atoms with E-state index < -0.39 is 34.3 Å². The van der Waals surface area contributed by atoms with Crippen molar-refractivity contribution in [2.45, 2.75) is 44.7 Å². The van der Waals surface area contributed by atoms with Gasteiger partial charge in [-0.25, -0.2) is 12.8 Å². The Labute approximate surface area is 218 Å². The predicted octanol–water partition coefficient (Wildman–Crippen LogP) is 4.27. The Hall–Kier alpha value is -3.72. The van der Waals surface area contributed by atoms with E-state index in [9.17, 15) is 22.4 Å². The molecule has 0 fully saturated rings. The zero-order chi connectivity index (χ0) is 27.0. The zero-order valence-corrected chi connectivity index (χ0v) is 22.0. The van der Waals surface area contributed by atoms with E-state index in [-0.39, 0.29) is 23.0 Å². The van der Waals surface area contributed by atoms with Crippen LogP contribution in [0.25, 0.3) is 0 Å². The largest absolute Gasteiger partial charge is 0.354 e. The Balaban J connectivity index is 2.00. The van der Waals surface area contributed by atoms with E-state index in [1.54, 1.807) is 25.1 Å². The molecular formula is C28H32FN3O4S. The summed E-state index contributed by atoms with van der Waals surface area (Å²) in [6.45, 7) is 5.47. The lowest BCUT2D eigenvalue weighted by Gasteiger charge is -2.32. The highest BCUT2D eigenvalue weighted by Crippen LogP contribution is 2.25. The first-order valence-corrected chi connectivity index (χ1v) is 13.5. The molecule has 1 atom stereocenters. The van der Waals surface area contributed by atoms with E-state index in [0.29, 0.717) is 6.54 Å². The fourth-order valence-corrected chi connectivity index (χ4v) is 5.28. The van der Waals surface area contributed by atoms with Crippen molar-refractivity contribution in [2.24, 2.45) is 0 Å². The molecule has 9 heteroatoms. The van der Waals surface area contributed by atoms with E-state index in [0.717, 1.165) is 34.0 Å². The van der Waals surface area contributed by atoms with Crippen LogP contribution in [0.2, 0.25) is 0 Å². The third-order valence-corrected chi connectivity index (χ3v) is 7.66. The van der Waals surface area contributed by atoms with Crippen molar-refractivity contribution in [3.8, 4) is 0 Å². The molecule has 0 radical (unpaired) electrons. The van der Waals surface area contributed by atoms with Crippen LogP contribution in [0.4, 0.5) is 10.1 Å². The van der Waals surface area contributed by atoms with Gasteiger partial charge in [0, 0.05) is 13.1 Å². The molecular weight excluding hydrogens is 493 g/mol. The van der Waals surface area contributed by atoms with Crippen LogP contribution < -0.4 is 9.62 Å². The van der Waals surface area contributed by atoms with Gasteiger partial charge in [0.2, 0.25) is 11.8 Å². The number of hydrogen-bond donors (Lipinski definition) is 1. The summed E-state index contributed by atoms with van der Waals surface area (Å²) in [5.41, 5.74) is 1.94. The number of rotatable bonds is 11. The van der Waals surface area contributed by atoms with Crippen molar-refractivity contribution in [2.75, 3.05) is 17.4 Å². The van der Waals surface area contributed by atoms with Gasteiger partial charge in [-0.3, -0.25) is 13.9 Å². The zero-order valence-electron chi connectivity index (χ0n) is 21.2. The number of amides is 2. The average molecular weight is 526 g/mol. The molecule has 0 spiro atoms. The second kappa shape index (κ2) is 12.5. The molecule has 3 aromatic carbocycles. The minimum absolute atomic E-state index is 0.00824. The standard InChI is InChI=1S/C28H32FN3O4S/c1-4-17-30-28(34)22(3)31(19-23-10-8-9-21(2)18-23)27(33)20-32(25-15-13-24(29)14-16-25)37(35,36)26-11-6-5-7-12-26/h5-16,18,22H,4,17,19-20H2,1-3H3,(H,30,34)/t22-/m0/s1. The maximum Gasteiger partial charge on any atom is 0.264 e. The van der Waals surface area contributed by atoms with Crippen molar-refractivity contribution in [1.82, 2.24) is 10.2 Å². The van der Waals surface area contributed by atoms with Gasteiger partial charge in [-0.2, -0.15) is 0 Å². The normalized spacial score (nSPS) is 12.0. The smallest absolute Gasteiger partial charge is 0.264 e. The first-order chi connectivity index (χ1) is 17.6. The van der Waals surface area contributed by atoms with Gasteiger partial charge < -0.3 is 10.2 Å². The van der Waals surface area contributed by atoms with Gasteiger partial charge >= 0.3 is 0 Å². The molecule has 3 rings (SSSR count). The van der Waals surface area contributed by atoms with Gasteiger partial charge in [0.15, 0.2) is 0 Å². The molecule has 0 aliphatic heterocycles. The molecule has 0 aromatic heterocycles. The third-order valence-electron chi connectivity index (χ3n) is 5.88. The maximum absolute atomic E-state index is 13.7. The third kappa shape index (κ3) is 7.16. The van der Waals surface area contributed by atoms with Gasteiger partial charge in [0.05, 0.1) is 10.6 Å². The lowest BCUT2D eigenvalue weighted by molar-refractivity contribution is -0.139. The maximum atomic E-state index is 13.7. The molecule has 1 N–H and O–H groups in total. The van der Waals surface area contributed by atoms with Crippen LogP contribution in [0.15, 0.2) is 83.8 Å². The molecule has 0 heterocycles. The van der Waals surface area contributed by atoms with Crippen molar-refractivity contribution in [3.05, 3.63) is 95.8 Å². The van der Waals surface area contributed by atoms with Crippen LogP contribution in [0, 0.1) is 12.7 Å². The molecule has 0 bridgehead atoms. The lowest BCUT2D eigenvalue weighted by atomic mass is 10.1. The predicted molar refractivity (Wildman–Crippen MR) is 142 cm³/mol. The number of halogens is 1. The highest BCUT2D eigenvalue weighted by molar-refractivity contribution is 7.92. The second-order valence-corrected chi connectivity index (χ2v) is 10.6. The highest BCUT2D eigenvalue weighted by Gasteiger charge is 2.32. The number of carbonyl (C=O) groups excluding carboxylic acids is 2. The van der Waals surface area contributed by atoms with E-state index in [1.807, 2.05) is 38.1 Å². The second-order valence-electron chi connectivity index (χ2n) is 8.78. The minimum atomic E-state index is -4.17. The van der Waals surface area contributed by atoms with Gasteiger partial charge in [0.25, 0.3) is 10.0 Å². The number of benzene rings is 3. The summed E-state index contributed by atoms with van der Waals surface area (Å²) in [4.78, 5) is 27.9. The van der Waals surface area contributed by atoms with Gasteiger partial charge in [0.1, 0.15) is 18.4 Å². The molecule has 37 heavy (non-hydrogen) atoms. The van der Waals surface area contributed by atoms with E-state index in [4.69, 9.17) is 0 Å². The quantitative estimate of drug-likeness (QED) is 0.405. The molecule has 196 valence electrons. The summed E-state index contributed by atoms with van der Waals surface area (Å²) in [7, 11) is -4.17. The Bertz CT molecular complexity index is 1310. The van der Waals surface area contributed by atoms with Crippen molar-refractivity contribution < 1.29 is 22.4 Å². The number of nitrogens with zero attached hydrogens (tertiary/aromatic N) is 2. The fraction of sp³-hybridized carbons (Fsp3) is 0.286. The summed E-state index contributed by atoms with van der Waals surface area (Å²) in [6.07, 6.45) is 0.734. The van der Waals surface area contributed by atoms with Crippen molar-refractivity contribution in [3.63, 3.8) is 0 Å². The van der Waals surface area contributed by atoms with E-state index in [2.05, 4.69) is 5.32 Å². The van der Waals surface area contributed by atoms with Gasteiger partial charge in [-0.05, 0) is 62.2 Å². The van der Waals surface area contributed by atoms with E-state index in [1.165, 1.54) is 29.2 Å². The van der Waals surface area contributed by atoms with Crippen LogP contribution in [0.3, 0.4) is 0 Å². The van der Waals surface area contributed by atoms with Crippen LogP contribution in [-0.2, 0) is 26.2 Å². The Morgan fingerprint density at radius 2 is 1.65 bits per heavy atom. The summed E-state index contributed by atoms with van der Waals surface area (Å²) < 4.78 is 41.8. The molecule has 3 aromatic rings. The van der Waals surface area contributed by atoms with Crippen LogP contribution >= 0.6 is 0 Å². The molecule has 0 aliphatic carbocycles. The number of nitrogens with one attached hydrogen (secondary N) is 1. The minimum Gasteiger partial charge on any atom is -0.354 e. The molecule has 0 unspecified atom stereocenters. The van der Waals surface area contributed by atoms with E-state index >= 15 is 0 Å². The number of carbonyl (C=O) groups is 2. The molecule has 0 saturated heterocycles. The first-order valence-electron chi connectivity index (χ1n) is 12.1. The number of sulfonamides is 1. The Morgan fingerprint density at radius 1 is 0.973 bits per heavy atom. The summed E-state index contributed by atoms with van der Waals surface area (Å²) >= 11 is 0. The Morgan fingerprint density at radius 3 is 2.27 bits per heavy atom. The fourth-order valence-electron chi connectivity index (χ4n) is 3.84. The number of aryl methyl sites for hydroxylation is 1. The van der Waals surface area contributed by atoms with Gasteiger partial charge in [-0.1, -0.05) is 55.0 Å². The SMILES string of the molecule is CCCNC(=O)[C@H](C)N(Cc1cccc(C)c1)C(=O)CN(c1ccc(F)cc1)S(=O)(=O)c1ccccc1. The highest BCUT2D eigenvalue weighted by atomic mass is 32.2. The molecule has 7 nitrogen and oxygen atoms in total. The topological polar surface area (TPSA) is 86.8 Å². The van der Waals surface area contributed by atoms with Crippen molar-refractivity contribution >= 4 is 27.5 Å². The summed E-state index contributed by atoms with van der Waals surface area (Å²) in [6, 6.07) is 19.3. The number of anilines is 1. The lowest BCUT2D eigenvalue weighted by Crippen LogP contribution is -2.51. The Kier molecular flexibility index (Phi) is 9.41. The summed E-state index contributed by atoms with van der Waals surface area (Å²) in [5.74, 6) is -1.43.